The van der Waals surface area contributed by atoms with Crippen LogP contribution in [0.5, 0.6) is 0 Å². The molecule has 1 N–H and O–H groups in total. The molecule has 0 aliphatic rings. The lowest BCUT2D eigenvalue weighted by Gasteiger charge is -2.02. The van der Waals surface area contributed by atoms with Gasteiger partial charge >= 0.3 is 0 Å². The highest BCUT2D eigenvalue weighted by Gasteiger charge is 1.91. The largest absolute Gasteiger partial charge is 0.354 e. The van der Waals surface area contributed by atoms with Gasteiger partial charge in [-0.2, -0.15) is 11.8 Å². The normalized spacial score (nSPS) is 9.92. The van der Waals surface area contributed by atoms with Gasteiger partial charge < -0.3 is 5.32 Å². The summed E-state index contributed by atoms with van der Waals surface area (Å²) in [5.41, 5.74) is 0. The molecule has 1 heterocycles. The van der Waals surface area contributed by atoms with Crippen LogP contribution in [0.4, 0.5) is 5.95 Å². The van der Waals surface area contributed by atoms with Crippen molar-refractivity contribution in [3.63, 3.8) is 0 Å². The Bertz CT molecular complexity index is 215. The van der Waals surface area contributed by atoms with Crippen LogP contribution in [-0.4, -0.2) is 28.5 Å². The molecule has 0 bridgehead atoms. The van der Waals surface area contributed by atoms with E-state index < -0.39 is 0 Å². The molecule has 0 fully saturated rings. The maximum absolute atomic E-state index is 4.07. The summed E-state index contributed by atoms with van der Waals surface area (Å²) >= 11 is 1.89. The minimum absolute atomic E-state index is 0.728. The van der Waals surface area contributed by atoms with Gasteiger partial charge in [0.25, 0.3) is 0 Å². The van der Waals surface area contributed by atoms with Gasteiger partial charge in [-0.05, 0) is 30.9 Å². The zero-order valence-corrected chi connectivity index (χ0v) is 8.68. The number of unbranched alkanes of at least 4 members (excludes halogenated alkanes) is 1. The van der Waals surface area contributed by atoms with Gasteiger partial charge in [-0.25, -0.2) is 9.97 Å². The fraction of sp³-hybridized carbons (Fsp3) is 0.556. The van der Waals surface area contributed by atoms with E-state index in [1.165, 1.54) is 18.6 Å². The Kier molecular flexibility index (Phi) is 5.33. The first kappa shape index (κ1) is 10.3. The SMILES string of the molecule is CSCCCCNc1ncccn1. The van der Waals surface area contributed by atoms with E-state index in [1.54, 1.807) is 12.4 Å². The molecule has 0 unspecified atom stereocenters. The highest BCUT2D eigenvalue weighted by Crippen LogP contribution is 2.00. The molecule has 0 saturated carbocycles. The van der Waals surface area contributed by atoms with Crippen LogP contribution in [-0.2, 0) is 0 Å². The summed E-state index contributed by atoms with van der Waals surface area (Å²) in [7, 11) is 0. The lowest BCUT2D eigenvalue weighted by Crippen LogP contribution is -2.04. The summed E-state index contributed by atoms with van der Waals surface area (Å²) in [5, 5.41) is 3.17. The zero-order chi connectivity index (χ0) is 9.36. The van der Waals surface area contributed by atoms with Gasteiger partial charge in [0.05, 0.1) is 0 Å². The van der Waals surface area contributed by atoms with E-state index in [1.807, 2.05) is 17.8 Å². The smallest absolute Gasteiger partial charge is 0.222 e. The molecule has 4 heteroatoms. The molecular formula is C9H15N3S. The van der Waals surface area contributed by atoms with Gasteiger partial charge in [-0.3, -0.25) is 0 Å². The Labute approximate surface area is 83.4 Å². The molecule has 1 aromatic heterocycles. The van der Waals surface area contributed by atoms with Crippen molar-refractivity contribution in [1.82, 2.24) is 9.97 Å². The predicted octanol–water partition coefficient (Wildman–Crippen LogP) is 2.03. The number of thioether (sulfide) groups is 1. The maximum atomic E-state index is 4.07. The Morgan fingerprint density at radius 2 is 2.08 bits per heavy atom. The number of rotatable bonds is 6. The average molecular weight is 197 g/mol. The van der Waals surface area contributed by atoms with Crippen molar-refractivity contribution in [2.24, 2.45) is 0 Å². The molecule has 0 saturated heterocycles. The second-order valence-corrected chi connectivity index (χ2v) is 3.68. The van der Waals surface area contributed by atoms with E-state index in [4.69, 9.17) is 0 Å². The van der Waals surface area contributed by atoms with Gasteiger partial charge in [0.15, 0.2) is 0 Å². The molecule has 1 aromatic rings. The lowest BCUT2D eigenvalue weighted by atomic mass is 10.3. The highest BCUT2D eigenvalue weighted by atomic mass is 32.2. The second kappa shape index (κ2) is 6.71. The molecule has 0 aromatic carbocycles. The standard InChI is InChI=1S/C9H15N3S/c1-13-8-3-2-5-10-9-11-6-4-7-12-9/h4,6-7H,2-3,5,8H2,1H3,(H,10,11,12). The van der Waals surface area contributed by atoms with Gasteiger partial charge in [-0.1, -0.05) is 0 Å². The minimum atomic E-state index is 0.728. The average Bonchev–Trinajstić information content (AvgIpc) is 2.19. The Balaban J connectivity index is 2.07. The van der Waals surface area contributed by atoms with E-state index in [-0.39, 0.29) is 0 Å². The molecule has 0 aliphatic heterocycles. The Morgan fingerprint density at radius 3 is 2.77 bits per heavy atom. The van der Waals surface area contributed by atoms with E-state index in [0.29, 0.717) is 0 Å². The molecule has 3 nitrogen and oxygen atoms in total. The summed E-state index contributed by atoms with van der Waals surface area (Å²) < 4.78 is 0. The predicted molar refractivity (Wildman–Crippen MR) is 58.1 cm³/mol. The Hall–Kier alpha value is -0.770. The van der Waals surface area contributed by atoms with Crippen molar-refractivity contribution in [2.75, 3.05) is 23.9 Å². The first-order valence-corrected chi connectivity index (χ1v) is 5.82. The van der Waals surface area contributed by atoms with Crippen molar-refractivity contribution in [3.8, 4) is 0 Å². The number of nitrogens with one attached hydrogen (secondary N) is 1. The number of anilines is 1. The lowest BCUT2D eigenvalue weighted by molar-refractivity contribution is 0.834. The van der Waals surface area contributed by atoms with Crippen LogP contribution in [0.1, 0.15) is 12.8 Å². The maximum Gasteiger partial charge on any atom is 0.222 e. The van der Waals surface area contributed by atoms with Crippen molar-refractivity contribution < 1.29 is 0 Å². The van der Waals surface area contributed by atoms with Crippen LogP contribution >= 0.6 is 11.8 Å². The van der Waals surface area contributed by atoms with Crippen molar-refractivity contribution in [1.29, 1.82) is 0 Å². The summed E-state index contributed by atoms with van der Waals surface area (Å²) in [6.45, 7) is 0.963. The first-order chi connectivity index (χ1) is 6.43. The van der Waals surface area contributed by atoms with E-state index >= 15 is 0 Å². The molecule has 1 rings (SSSR count). The van der Waals surface area contributed by atoms with Crippen LogP contribution in [0.3, 0.4) is 0 Å². The van der Waals surface area contributed by atoms with Gasteiger partial charge in [0.2, 0.25) is 5.95 Å². The number of aromatic nitrogens is 2. The van der Waals surface area contributed by atoms with Crippen LogP contribution in [0.15, 0.2) is 18.5 Å². The summed E-state index contributed by atoms with van der Waals surface area (Å²) in [5.74, 6) is 1.96. The minimum Gasteiger partial charge on any atom is -0.354 e. The molecule has 0 atom stereocenters. The first-order valence-electron chi connectivity index (χ1n) is 4.43. The summed E-state index contributed by atoms with van der Waals surface area (Å²) in [6, 6.07) is 1.82. The number of nitrogens with zero attached hydrogens (tertiary/aromatic N) is 2. The molecule has 72 valence electrons. The van der Waals surface area contributed by atoms with Crippen molar-refractivity contribution in [2.45, 2.75) is 12.8 Å². The molecule has 0 spiro atoms. The van der Waals surface area contributed by atoms with E-state index in [9.17, 15) is 0 Å². The molecular weight excluding hydrogens is 182 g/mol. The van der Waals surface area contributed by atoms with Crippen LogP contribution < -0.4 is 5.32 Å². The van der Waals surface area contributed by atoms with E-state index in [2.05, 4.69) is 21.5 Å². The third-order valence-electron chi connectivity index (χ3n) is 1.62. The topological polar surface area (TPSA) is 37.8 Å². The number of hydrogen-bond acceptors (Lipinski definition) is 4. The fourth-order valence-corrected chi connectivity index (χ4v) is 1.45. The van der Waals surface area contributed by atoms with Crippen molar-refractivity contribution >= 4 is 17.7 Å². The molecule has 0 radical (unpaired) electrons. The molecule has 0 amide bonds. The van der Waals surface area contributed by atoms with Gasteiger partial charge in [0.1, 0.15) is 0 Å². The highest BCUT2D eigenvalue weighted by molar-refractivity contribution is 7.98. The quantitative estimate of drug-likeness (QED) is 0.708. The fourth-order valence-electron chi connectivity index (χ4n) is 0.962. The van der Waals surface area contributed by atoms with Gasteiger partial charge in [-0.15, -0.1) is 0 Å². The Morgan fingerprint density at radius 1 is 1.31 bits per heavy atom. The second-order valence-electron chi connectivity index (χ2n) is 2.70. The zero-order valence-electron chi connectivity index (χ0n) is 7.86. The monoisotopic (exact) mass is 197 g/mol. The third-order valence-corrected chi connectivity index (χ3v) is 2.32. The molecule has 13 heavy (non-hydrogen) atoms. The third kappa shape index (κ3) is 4.72. The van der Waals surface area contributed by atoms with Crippen LogP contribution in [0.25, 0.3) is 0 Å². The summed E-state index contributed by atoms with van der Waals surface area (Å²) in [6.07, 6.45) is 8.06. The molecule has 0 aliphatic carbocycles. The van der Waals surface area contributed by atoms with Gasteiger partial charge in [0, 0.05) is 18.9 Å². The number of hydrogen-bond donors (Lipinski definition) is 1. The van der Waals surface area contributed by atoms with Crippen LogP contribution in [0, 0.1) is 0 Å². The van der Waals surface area contributed by atoms with E-state index in [0.717, 1.165) is 12.5 Å². The summed E-state index contributed by atoms with van der Waals surface area (Å²) in [4.78, 5) is 8.14. The van der Waals surface area contributed by atoms with Crippen LogP contribution in [0.2, 0.25) is 0 Å². The van der Waals surface area contributed by atoms with Crippen molar-refractivity contribution in [3.05, 3.63) is 18.5 Å².